The lowest BCUT2D eigenvalue weighted by Crippen LogP contribution is -2.32. The lowest BCUT2D eigenvalue weighted by atomic mass is 10.1. The summed E-state index contributed by atoms with van der Waals surface area (Å²) < 4.78 is 4.91. The molecule has 0 atom stereocenters. The van der Waals surface area contributed by atoms with Crippen molar-refractivity contribution in [2.75, 3.05) is 30.5 Å². The normalized spacial score (nSPS) is 12.6. The average Bonchev–Trinajstić information content (AvgIpc) is 3.05. The summed E-state index contributed by atoms with van der Waals surface area (Å²) in [6.45, 7) is 2.10. The number of fused-ring (bicyclic) bond motifs is 1. The average molecular weight is 369 g/mol. The Balaban J connectivity index is 1.84. The zero-order valence-corrected chi connectivity index (χ0v) is 15.0. The van der Waals surface area contributed by atoms with E-state index in [1.54, 1.807) is 30.0 Å². The van der Waals surface area contributed by atoms with E-state index in [-0.39, 0.29) is 23.8 Å². The number of methoxy groups -OCH3 is 1. The molecule has 1 aliphatic heterocycles. The molecular formula is C19H19N3O5. The topological polar surface area (TPSA) is 102 Å². The molecule has 0 spiro atoms. The van der Waals surface area contributed by atoms with E-state index in [0.29, 0.717) is 17.8 Å². The Bertz CT molecular complexity index is 926. The molecule has 8 nitrogen and oxygen atoms in total. The summed E-state index contributed by atoms with van der Waals surface area (Å²) in [4.78, 5) is 36.9. The highest BCUT2D eigenvalue weighted by molar-refractivity contribution is 6.06. The van der Waals surface area contributed by atoms with Gasteiger partial charge in [0.1, 0.15) is 6.61 Å². The number of carbonyl (C=O) groups excluding carboxylic acids is 2. The van der Waals surface area contributed by atoms with Crippen molar-refractivity contribution in [1.29, 1.82) is 0 Å². The molecule has 0 radical (unpaired) electrons. The molecule has 0 aromatic heterocycles. The number of nitro groups is 1. The second-order valence-electron chi connectivity index (χ2n) is 6.23. The number of hydrogen-bond acceptors (Lipinski definition) is 5. The number of anilines is 2. The number of nitrogens with zero attached hydrogens (tertiary/aromatic N) is 2. The molecule has 0 bridgehead atoms. The number of carbonyl (C=O) groups is 2. The first-order valence-electron chi connectivity index (χ1n) is 8.40. The van der Waals surface area contributed by atoms with Gasteiger partial charge in [0.15, 0.2) is 0 Å². The first-order valence-corrected chi connectivity index (χ1v) is 8.40. The Kier molecular flexibility index (Phi) is 5.18. The van der Waals surface area contributed by atoms with Gasteiger partial charge >= 0.3 is 0 Å². The first-order chi connectivity index (χ1) is 12.9. The van der Waals surface area contributed by atoms with Crippen LogP contribution in [0.5, 0.6) is 0 Å². The van der Waals surface area contributed by atoms with Crippen LogP contribution in [0.3, 0.4) is 0 Å². The standard InChI is InChI=1S/C19H19N3O5/c1-12-15(4-3-5-16(12)22(25)26)19(24)20-14-7-6-13-8-9-21(17(13)10-14)18(23)11-27-2/h3-7,10H,8-9,11H2,1-2H3,(H,20,24). The number of rotatable bonds is 5. The van der Waals surface area contributed by atoms with Crippen LogP contribution in [0.2, 0.25) is 0 Å². The minimum absolute atomic E-state index is 0.0110. The van der Waals surface area contributed by atoms with Gasteiger partial charge in [-0.3, -0.25) is 19.7 Å². The largest absolute Gasteiger partial charge is 0.375 e. The van der Waals surface area contributed by atoms with Crippen molar-refractivity contribution in [3.8, 4) is 0 Å². The predicted octanol–water partition coefficient (Wildman–Crippen LogP) is 2.69. The molecule has 1 N–H and O–H groups in total. The van der Waals surface area contributed by atoms with Gasteiger partial charge < -0.3 is 15.0 Å². The molecule has 1 aliphatic rings. The molecule has 0 saturated heterocycles. The fraction of sp³-hybridized carbons (Fsp3) is 0.263. The summed E-state index contributed by atoms with van der Waals surface area (Å²) in [5, 5.41) is 13.8. The van der Waals surface area contributed by atoms with E-state index in [0.717, 1.165) is 17.7 Å². The highest BCUT2D eigenvalue weighted by atomic mass is 16.6. The maximum Gasteiger partial charge on any atom is 0.273 e. The van der Waals surface area contributed by atoms with Crippen LogP contribution >= 0.6 is 0 Å². The van der Waals surface area contributed by atoms with E-state index >= 15 is 0 Å². The Morgan fingerprint density at radius 3 is 2.78 bits per heavy atom. The minimum atomic E-state index is -0.513. The van der Waals surface area contributed by atoms with Crippen molar-refractivity contribution < 1.29 is 19.2 Å². The van der Waals surface area contributed by atoms with E-state index in [4.69, 9.17) is 4.74 Å². The van der Waals surface area contributed by atoms with E-state index < -0.39 is 10.8 Å². The molecule has 0 saturated carbocycles. The smallest absolute Gasteiger partial charge is 0.273 e. The number of ether oxygens (including phenoxy) is 1. The van der Waals surface area contributed by atoms with Gasteiger partial charge in [-0.1, -0.05) is 12.1 Å². The molecule has 3 rings (SSSR count). The number of benzene rings is 2. The molecule has 0 unspecified atom stereocenters. The van der Waals surface area contributed by atoms with Gasteiger partial charge in [0.25, 0.3) is 17.5 Å². The van der Waals surface area contributed by atoms with Gasteiger partial charge in [-0.25, -0.2) is 0 Å². The summed E-state index contributed by atoms with van der Waals surface area (Å²) in [5.41, 5.74) is 2.71. The molecule has 1 heterocycles. The second-order valence-corrected chi connectivity index (χ2v) is 6.23. The van der Waals surface area contributed by atoms with Crippen LogP contribution in [0, 0.1) is 17.0 Å². The van der Waals surface area contributed by atoms with Gasteiger partial charge in [-0.2, -0.15) is 0 Å². The summed E-state index contributed by atoms with van der Waals surface area (Å²) >= 11 is 0. The molecule has 2 aromatic rings. The maximum absolute atomic E-state index is 12.6. The third kappa shape index (κ3) is 3.65. The lowest BCUT2D eigenvalue weighted by Gasteiger charge is -2.17. The van der Waals surface area contributed by atoms with Crippen LogP contribution in [0.1, 0.15) is 21.5 Å². The second kappa shape index (κ2) is 7.55. The Labute approximate surface area is 155 Å². The van der Waals surface area contributed by atoms with Gasteiger partial charge in [-0.15, -0.1) is 0 Å². The van der Waals surface area contributed by atoms with Crippen LogP contribution in [0.4, 0.5) is 17.1 Å². The molecule has 2 amide bonds. The van der Waals surface area contributed by atoms with Crippen molar-refractivity contribution in [3.63, 3.8) is 0 Å². The third-order valence-electron chi connectivity index (χ3n) is 4.55. The zero-order chi connectivity index (χ0) is 19.6. The molecule has 2 aromatic carbocycles. The number of nitro benzene ring substituents is 1. The van der Waals surface area contributed by atoms with Crippen LogP contribution in [-0.2, 0) is 16.0 Å². The summed E-state index contributed by atoms with van der Waals surface area (Å²) in [6.07, 6.45) is 0.739. The van der Waals surface area contributed by atoms with Crippen LogP contribution in [0.15, 0.2) is 36.4 Å². The first kappa shape index (κ1) is 18.5. The molecular weight excluding hydrogens is 350 g/mol. The van der Waals surface area contributed by atoms with Crippen molar-refractivity contribution >= 4 is 28.9 Å². The fourth-order valence-corrected chi connectivity index (χ4v) is 3.18. The SMILES string of the molecule is COCC(=O)N1CCc2ccc(NC(=O)c3cccc([N+](=O)[O-])c3C)cc21. The quantitative estimate of drug-likeness (QED) is 0.645. The maximum atomic E-state index is 12.6. The van der Waals surface area contributed by atoms with E-state index in [1.807, 2.05) is 6.07 Å². The number of amides is 2. The summed E-state index contributed by atoms with van der Waals surface area (Å²) in [5.74, 6) is -0.585. The van der Waals surface area contributed by atoms with Crippen molar-refractivity contribution in [1.82, 2.24) is 0 Å². The predicted molar refractivity (Wildman–Crippen MR) is 100 cm³/mol. The monoisotopic (exact) mass is 369 g/mol. The van der Waals surface area contributed by atoms with Crippen molar-refractivity contribution in [2.24, 2.45) is 0 Å². The van der Waals surface area contributed by atoms with E-state index in [9.17, 15) is 19.7 Å². The van der Waals surface area contributed by atoms with Gasteiger partial charge in [0.05, 0.1) is 4.92 Å². The zero-order valence-electron chi connectivity index (χ0n) is 15.0. The molecule has 0 fully saturated rings. The highest BCUT2D eigenvalue weighted by Gasteiger charge is 2.25. The van der Waals surface area contributed by atoms with Crippen LogP contribution < -0.4 is 10.2 Å². The molecule has 0 aliphatic carbocycles. The highest BCUT2D eigenvalue weighted by Crippen LogP contribution is 2.31. The van der Waals surface area contributed by atoms with Gasteiger partial charge in [0.2, 0.25) is 0 Å². The fourth-order valence-electron chi connectivity index (χ4n) is 3.18. The molecule has 140 valence electrons. The minimum Gasteiger partial charge on any atom is -0.375 e. The Morgan fingerprint density at radius 2 is 2.07 bits per heavy atom. The molecule has 27 heavy (non-hydrogen) atoms. The lowest BCUT2D eigenvalue weighted by molar-refractivity contribution is -0.385. The van der Waals surface area contributed by atoms with Crippen LogP contribution in [-0.4, -0.2) is 37.0 Å². The Morgan fingerprint density at radius 1 is 1.30 bits per heavy atom. The Hall–Kier alpha value is -3.26. The van der Waals surface area contributed by atoms with E-state index in [2.05, 4.69) is 5.32 Å². The third-order valence-corrected chi connectivity index (χ3v) is 4.55. The van der Waals surface area contributed by atoms with Crippen molar-refractivity contribution in [2.45, 2.75) is 13.3 Å². The van der Waals surface area contributed by atoms with Gasteiger partial charge in [-0.05, 0) is 37.1 Å². The van der Waals surface area contributed by atoms with Crippen LogP contribution in [0.25, 0.3) is 0 Å². The summed E-state index contributed by atoms with van der Waals surface area (Å²) in [6, 6.07) is 9.74. The summed E-state index contributed by atoms with van der Waals surface area (Å²) in [7, 11) is 1.47. The number of nitrogens with one attached hydrogen (secondary N) is 1. The number of hydrogen-bond donors (Lipinski definition) is 1. The van der Waals surface area contributed by atoms with Gasteiger partial charge in [0, 0.05) is 42.2 Å². The van der Waals surface area contributed by atoms with Crippen molar-refractivity contribution in [3.05, 3.63) is 63.2 Å². The molecule has 8 heteroatoms. The van der Waals surface area contributed by atoms with E-state index in [1.165, 1.54) is 19.2 Å².